The fourth-order valence-corrected chi connectivity index (χ4v) is 1.95. The summed E-state index contributed by atoms with van der Waals surface area (Å²) in [5.41, 5.74) is 0.467. The first-order valence-corrected chi connectivity index (χ1v) is 7.67. The van der Waals surface area contributed by atoms with Crippen LogP contribution in [0.5, 0.6) is 5.75 Å². The average molecular weight is 331 g/mol. The fraction of sp³-hybridized carbons (Fsp3) is 0.533. The molecule has 0 radical (unpaired) electrons. The highest BCUT2D eigenvalue weighted by Gasteiger charge is 2.13. The molecule has 1 atom stereocenters. The molecule has 22 heavy (non-hydrogen) atoms. The van der Waals surface area contributed by atoms with Gasteiger partial charge in [-0.2, -0.15) is 0 Å². The quantitative estimate of drug-likeness (QED) is 0.608. The molecule has 1 aromatic carbocycles. The zero-order valence-corrected chi connectivity index (χ0v) is 13.7. The van der Waals surface area contributed by atoms with Crippen LogP contribution in [0, 0.1) is 0 Å². The van der Waals surface area contributed by atoms with Crippen molar-refractivity contribution in [1.82, 2.24) is 5.32 Å². The lowest BCUT2D eigenvalue weighted by Crippen LogP contribution is -2.39. The molecule has 0 aromatic heterocycles. The summed E-state index contributed by atoms with van der Waals surface area (Å²) in [6.07, 6.45) is 0.636. The van der Waals surface area contributed by atoms with Gasteiger partial charge >= 0.3 is 6.03 Å². The van der Waals surface area contributed by atoms with Crippen molar-refractivity contribution in [3.05, 3.63) is 23.2 Å². The molecule has 0 fully saturated rings. The van der Waals surface area contributed by atoms with E-state index < -0.39 is 6.03 Å². The molecule has 0 heterocycles. The molecular formula is C15H23ClN2O4. The smallest absolute Gasteiger partial charge is 0.319 e. The summed E-state index contributed by atoms with van der Waals surface area (Å²) in [5.74, 6) is 0.399. The maximum Gasteiger partial charge on any atom is 0.319 e. The maximum absolute atomic E-state index is 11.9. The standard InChI is InChI=1S/C15H23ClN2O4/c1-3-11(10-19)17-15(20)18-13-7-5-6-12(16)14(13)22-9-8-21-4-2/h5-7,11,19H,3-4,8-10H2,1-2H3,(H2,17,18,20)/t11-/m1/s1. The molecule has 7 heteroatoms. The number of hydrogen-bond donors (Lipinski definition) is 3. The largest absolute Gasteiger partial charge is 0.487 e. The molecule has 1 rings (SSSR count). The number of anilines is 1. The predicted octanol–water partition coefficient (Wildman–Crippen LogP) is 2.65. The second-order valence-corrected chi connectivity index (χ2v) is 4.96. The summed E-state index contributed by atoms with van der Waals surface area (Å²) >= 11 is 6.11. The van der Waals surface area contributed by atoms with Crippen LogP contribution in [0.3, 0.4) is 0 Å². The van der Waals surface area contributed by atoms with Gasteiger partial charge in [0.05, 0.1) is 30.0 Å². The molecule has 0 spiro atoms. The van der Waals surface area contributed by atoms with E-state index in [1.165, 1.54) is 0 Å². The van der Waals surface area contributed by atoms with Gasteiger partial charge in [-0.25, -0.2) is 4.79 Å². The normalized spacial score (nSPS) is 11.8. The maximum atomic E-state index is 11.9. The average Bonchev–Trinajstić information content (AvgIpc) is 2.51. The van der Waals surface area contributed by atoms with Crippen LogP contribution in [0.25, 0.3) is 0 Å². The number of ether oxygens (including phenoxy) is 2. The van der Waals surface area contributed by atoms with Gasteiger partial charge in [-0.3, -0.25) is 0 Å². The number of carbonyl (C=O) groups excluding carboxylic acids is 1. The number of urea groups is 1. The predicted molar refractivity (Wildman–Crippen MR) is 86.8 cm³/mol. The first-order valence-electron chi connectivity index (χ1n) is 7.29. The minimum atomic E-state index is -0.419. The Bertz CT molecular complexity index is 467. The van der Waals surface area contributed by atoms with Crippen LogP contribution < -0.4 is 15.4 Å². The zero-order valence-electron chi connectivity index (χ0n) is 12.9. The lowest BCUT2D eigenvalue weighted by molar-refractivity contribution is 0.110. The first-order chi connectivity index (χ1) is 10.6. The van der Waals surface area contributed by atoms with Crippen molar-refractivity contribution in [2.45, 2.75) is 26.3 Å². The van der Waals surface area contributed by atoms with E-state index in [0.717, 1.165) is 0 Å². The summed E-state index contributed by atoms with van der Waals surface area (Å²) in [7, 11) is 0. The lowest BCUT2D eigenvalue weighted by Gasteiger charge is -2.17. The van der Waals surface area contributed by atoms with E-state index in [-0.39, 0.29) is 12.6 Å². The zero-order chi connectivity index (χ0) is 16.4. The van der Waals surface area contributed by atoms with Crippen molar-refractivity contribution in [3.63, 3.8) is 0 Å². The summed E-state index contributed by atoms with van der Waals surface area (Å²) < 4.78 is 10.8. The van der Waals surface area contributed by atoms with E-state index in [1.54, 1.807) is 18.2 Å². The Balaban J connectivity index is 2.68. The number of halogens is 1. The van der Waals surface area contributed by atoms with Crippen molar-refractivity contribution in [2.75, 3.05) is 31.7 Å². The number of para-hydroxylation sites is 1. The van der Waals surface area contributed by atoms with E-state index >= 15 is 0 Å². The topological polar surface area (TPSA) is 79.8 Å². The molecule has 124 valence electrons. The SMILES string of the molecule is CCOCCOc1c(Cl)cccc1NC(=O)N[C@H](CC)CO. The molecule has 0 aliphatic rings. The Kier molecular flexibility index (Phi) is 8.65. The number of carbonyl (C=O) groups is 1. The van der Waals surface area contributed by atoms with Gasteiger partial charge in [-0.15, -0.1) is 0 Å². The Labute approximate surface area is 135 Å². The van der Waals surface area contributed by atoms with E-state index in [1.807, 2.05) is 13.8 Å². The molecule has 6 nitrogen and oxygen atoms in total. The van der Waals surface area contributed by atoms with Gasteiger partial charge < -0.3 is 25.2 Å². The van der Waals surface area contributed by atoms with Gasteiger partial charge in [0.1, 0.15) is 6.61 Å². The van der Waals surface area contributed by atoms with Crippen LogP contribution in [-0.4, -0.2) is 43.6 Å². The van der Waals surface area contributed by atoms with Gasteiger partial charge in [0, 0.05) is 6.61 Å². The van der Waals surface area contributed by atoms with Crippen LogP contribution in [0.4, 0.5) is 10.5 Å². The van der Waals surface area contributed by atoms with Gasteiger partial charge in [0.2, 0.25) is 0 Å². The van der Waals surface area contributed by atoms with Gasteiger partial charge in [-0.05, 0) is 25.5 Å². The van der Waals surface area contributed by atoms with Crippen molar-refractivity contribution >= 4 is 23.3 Å². The van der Waals surface area contributed by atoms with E-state index in [9.17, 15) is 4.79 Å². The molecular weight excluding hydrogens is 308 g/mol. The highest BCUT2D eigenvalue weighted by Crippen LogP contribution is 2.32. The van der Waals surface area contributed by atoms with Crippen LogP contribution in [0.2, 0.25) is 5.02 Å². The van der Waals surface area contributed by atoms with E-state index in [2.05, 4.69) is 10.6 Å². The minimum absolute atomic E-state index is 0.114. The summed E-state index contributed by atoms with van der Waals surface area (Å²) in [6, 6.07) is 4.39. The second-order valence-electron chi connectivity index (χ2n) is 4.55. The lowest BCUT2D eigenvalue weighted by atomic mass is 10.2. The molecule has 0 aliphatic carbocycles. The van der Waals surface area contributed by atoms with Crippen LogP contribution >= 0.6 is 11.6 Å². The number of aliphatic hydroxyl groups is 1. The molecule has 0 saturated carbocycles. The number of benzene rings is 1. The van der Waals surface area contributed by atoms with Gasteiger partial charge in [-0.1, -0.05) is 24.6 Å². The van der Waals surface area contributed by atoms with E-state index in [0.29, 0.717) is 42.7 Å². The first kappa shape index (κ1) is 18.5. The summed E-state index contributed by atoms with van der Waals surface area (Å²) in [5, 5.41) is 14.9. The van der Waals surface area contributed by atoms with Gasteiger partial charge in [0.25, 0.3) is 0 Å². The highest BCUT2D eigenvalue weighted by atomic mass is 35.5. The number of aliphatic hydroxyl groups excluding tert-OH is 1. The Morgan fingerprint density at radius 1 is 1.36 bits per heavy atom. The highest BCUT2D eigenvalue weighted by molar-refractivity contribution is 6.32. The van der Waals surface area contributed by atoms with Gasteiger partial charge in [0.15, 0.2) is 5.75 Å². The third-order valence-corrected chi connectivity index (χ3v) is 3.24. The molecule has 0 aliphatic heterocycles. The van der Waals surface area contributed by atoms with E-state index in [4.69, 9.17) is 26.2 Å². The van der Waals surface area contributed by atoms with Crippen LogP contribution in [0.15, 0.2) is 18.2 Å². The number of rotatable bonds is 9. The summed E-state index contributed by atoms with van der Waals surface area (Å²) in [6.45, 7) is 5.05. The monoisotopic (exact) mass is 330 g/mol. The molecule has 1 aromatic rings. The third kappa shape index (κ3) is 6.09. The Hall–Kier alpha value is -1.50. The third-order valence-electron chi connectivity index (χ3n) is 2.94. The molecule has 0 saturated heterocycles. The number of amides is 2. The molecule has 0 unspecified atom stereocenters. The van der Waals surface area contributed by atoms with Crippen molar-refractivity contribution in [1.29, 1.82) is 0 Å². The van der Waals surface area contributed by atoms with Crippen LogP contribution in [0.1, 0.15) is 20.3 Å². The Morgan fingerprint density at radius 3 is 2.77 bits per heavy atom. The number of hydrogen-bond acceptors (Lipinski definition) is 4. The molecule has 0 bridgehead atoms. The van der Waals surface area contributed by atoms with Crippen molar-refractivity contribution in [2.24, 2.45) is 0 Å². The molecule has 2 amide bonds. The number of nitrogens with one attached hydrogen (secondary N) is 2. The fourth-order valence-electron chi connectivity index (χ4n) is 1.72. The Morgan fingerprint density at radius 2 is 2.14 bits per heavy atom. The van der Waals surface area contributed by atoms with Crippen LogP contribution in [-0.2, 0) is 4.74 Å². The minimum Gasteiger partial charge on any atom is -0.487 e. The summed E-state index contributed by atoms with van der Waals surface area (Å²) in [4.78, 5) is 11.9. The molecule has 3 N–H and O–H groups in total. The van der Waals surface area contributed by atoms with Crippen molar-refractivity contribution < 1.29 is 19.4 Å². The second kappa shape index (κ2) is 10.3. The van der Waals surface area contributed by atoms with Crippen molar-refractivity contribution in [3.8, 4) is 5.75 Å².